The van der Waals surface area contributed by atoms with Crippen LogP contribution in [0.25, 0.3) is 0 Å². The van der Waals surface area contributed by atoms with Gasteiger partial charge in [-0.2, -0.15) is 0 Å². The minimum absolute atomic E-state index is 0.101. The van der Waals surface area contributed by atoms with Crippen molar-refractivity contribution in [2.75, 3.05) is 11.9 Å². The van der Waals surface area contributed by atoms with Crippen molar-refractivity contribution in [2.24, 2.45) is 0 Å². The summed E-state index contributed by atoms with van der Waals surface area (Å²) in [6.45, 7) is -0.395. The zero-order valence-corrected chi connectivity index (χ0v) is 12.1. The van der Waals surface area contributed by atoms with Gasteiger partial charge in [0.15, 0.2) is 6.61 Å². The molecule has 0 aliphatic carbocycles. The molecule has 7 heteroatoms. The van der Waals surface area contributed by atoms with Crippen molar-refractivity contribution in [1.29, 1.82) is 0 Å². The summed E-state index contributed by atoms with van der Waals surface area (Å²) in [4.78, 5) is 28.1. The molecule has 2 amide bonds. The summed E-state index contributed by atoms with van der Waals surface area (Å²) in [6, 6.07) is 12.2. The number of anilines is 1. The van der Waals surface area contributed by atoms with Crippen molar-refractivity contribution in [3.8, 4) is 0 Å². The Morgan fingerprint density at radius 1 is 1.14 bits per heavy atom. The van der Waals surface area contributed by atoms with Gasteiger partial charge in [0.05, 0.1) is 5.02 Å². The van der Waals surface area contributed by atoms with Crippen LogP contribution < -0.4 is 10.8 Å². The lowest BCUT2D eigenvalue weighted by molar-refractivity contribution is -0.122. The molecule has 0 heterocycles. The van der Waals surface area contributed by atoms with Gasteiger partial charge < -0.3 is 5.32 Å². The van der Waals surface area contributed by atoms with E-state index < -0.39 is 24.2 Å². The Kier molecular flexibility index (Phi) is 5.46. The van der Waals surface area contributed by atoms with Crippen molar-refractivity contribution < 1.29 is 18.8 Å². The normalized spacial score (nSPS) is 10.1. The fourth-order valence-corrected chi connectivity index (χ4v) is 1.77. The highest BCUT2D eigenvalue weighted by Gasteiger charge is 2.08. The van der Waals surface area contributed by atoms with Crippen LogP contribution in [0.3, 0.4) is 0 Å². The number of rotatable bonds is 5. The van der Waals surface area contributed by atoms with E-state index in [1.54, 1.807) is 30.3 Å². The fraction of sp³-hybridized carbons (Fsp3) is 0.0667. The number of hydrogen-bond donors (Lipinski definition) is 2. The molecule has 0 unspecified atom stereocenters. The maximum atomic E-state index is 13.0. The molecule has 0 aromatic heterocycles. The summed E-state index contributed by atoms with van der Waals surface area (Å²) in [5.41, 5.74) is 2.89. The van der Waals surface area contributed by atoms with Gasteiger partial charge in [-0.25, -0.2) is 9.87 Å². The van der Waals surface area contributed by atoms with Gasteiger partial charge in [0.1, 0.15) is 5.82 Å². The van der Waals surface area contributed by atoms with Gasteiger partial charge in [-0.3, -0.25) is 14.4 Å². The Morgan fingerprint density at radius 2 is 1.86 bits per heavy atom. The SMILES string of the molecule is O=C(CONC(=O)c1ccccc1)Nc1ccc(F)c(Cl)c1. The Balaban J connectivity index is 1.78. The summed E-state index contributed by atoms with van der Waals surface area (Å²) >= 11 is 5.60. The summed E-state index contributed by atoms with van der Waals surface area (Å²) in [5.74, 6) is -1.56. The second-order valence-electron chi connectivity index (χ2n) is 4.26. The largest absolute Gasteiger partial charge is 0.324 e. The van der Waals surface area contributed by atoms with E-state index in [-0.39, 0.29) is 5.02 Å². The van der Waals surface area contributed by atoms with Crippen molar-refractivity contribution in [3.05, 3.63) is 64.9 Å². The monoisotopic (exact) mass is 322 g/mol. The molecule has 114 valence electrons. The first-order valence-corrected chi connectivity index (χ1v) is 6.66. The van der Waals surface area contributed by atoms with Gasteiger partial charge >= 0.3 is 0 Å². The van der Waals surface area contributed by atoms with Crippen molar-refractivity contribution in [1.82, 2.24) is 5.48 Å². The van der Waals surface area contributed by atoms with Crippen LogP contribution in [-0.2, 0) is 9.63 Å². The van der Waals surface area contributed by atoms with E-state index in [9.17, 15) is 14.0 Å². The van der Waals surface area contributed by atoms with Gasteiger partial charge in [-0.1, -0.05) is 29.8 Å². The summed E-state index contributed by atoms with van der Waals surface area (Å²) < 4.78 is 13.0. The molecule has 0 atom stereocenters. The first-order valence-electron chi connectivity index (χ1n) is 6.28. The van der Waals surface area contributed by atoms with Gasteiger partial charge in [-0.05, 0) is 30.3 Å². The highest BCUT2D eigenvalue weighted by atomic mass is 35.5. The molecular formula is C15H12ClFN2O3. The number of benzene rings is 2. The van der Waals surface area contributed by atoms with Gasteiger partial charge in [-0.15, -0.1) is 0 Å². The third-order valence-corrected chi connectivity index (χ3v) is 2.90. The van der Waals surface area contributed by atoms with Gasteiger partial charge in [0.25, 0.3) is 11.8 Å². The second-order valence-corrected chi connectivity index (χ2v) is 4.67. The van der Waals surface area contributed by atoms with E-state index in [2.05, 4.69) is 10.8 Å². The standard InChI is InChI=1S/C15H12ClFN2O3/c16-12-8-11(6-7-13(12)17)18-14(20)9-22-19-15(21)10-4-2-1-3-5-10/h1-8H,9H2,(H,18,20)(H,19,21). The van der Waals surface area contributed by atoms with E-state index in [1.165, 1.54) is 12.1 Å². The van der Waals surface area contributed by atoms with E-state index in [4.69, 9.17) is 16.4 Å². The topological polar surface area (TPSA) is 67.4 Å². The highest BCUT2D eigenvalue weighted by molar-refractivity contribution is 6.31. The molecule has 2 aromatic rings. The molecule has 0 saturated carbocycles. The molecule has 0 saturated heterocycles. The predicted octanol–water partition coefficient (Wildman–Crippen LogP) is 2.78. The third-order valence-electron chi connectivity index (χ3n) is 2.61. The second kappa shape index (κ2) is 7.53. The molecule has 2 N–H and O–H groups in total. The Bertz CT molecular complexity index is 680. The Hall–Kier alpha value is -2.44. The summed E-state index contributed by atoms with van der Waals surface area (Å²) in [6.07, 6.45) is 0. The molecule has 2 rings (SSSR count). The number of hydroxylamine groups is 1. The molecule has 0 spiro atoms. The van der Waals surface area contributed by atoms with Crippen molar-refractivity contribution >= 4 is 29.1 Å². The third kappa shape index (κ3) is 4.54. The lowest BCUT2D eigenvalue weighted by Gasteiger charge is -2.07. The molecule has 0 aliphatic rings. The molecule has 0 radical (unpaired) electrons. The van der Waals surface area contributed by atoms with Crippen molar-refractivity contribution in [2.45, 2.75) is 0 Å². The predicted molar refractivity (Wildman–Crippen MR) is 79.9 cm³/mol. The van der Waals surface area contributed by atoms with Crippen LogP contribution in [0.1, 0.15) is 10.4 Å². The van der Waals surface area contributed by atoms with E-state index in [1.807, 2.05) is 0 Å². The fourth-order valence-electron chi connectivity index (χ4n) is 1.59. The van der Waals surface area contributed by atoms with Crippen LogP contribution in [0.5, 0.6) is 0 Å². The first kappa shape index (κ1) is 15.9. The Morgan fingerprint density at radius 3 is 2.55 bits per heavy atom. The van der Waals surface area contributed by atoms with E-state index in [0.29, 0.717) is 11.3 Å². The maximum absolute atomic E-state index is 13.0. The van der Waals surface area contributed by atoms with Crippen LogP contribution in [0, 0.1) is 5.82 Å². The number of hydrogen-bond acceptors (Lipinski definition) is 3. The molecular weight excluding hydrogens is 311 g/mol. The van der Waals surface area contributed by atoms with Gasteiger partial charge in [0, 0.05) is 11.3 Å². The maximum Gasteiger partial charge on any atom is 0.274 e. The highest BCUT2D eigenvalue weighted by Crippen LogP contribution is 2.19. The summed E-state index contributed by atoms with van der Waals surface area (Å²) in [7, 11) is 0. The molecule has 22 heavy (non-hydrogen) atoms. The van der Waals surface area contributed by atoms with Crippen LogP contribution in [0.4, 0.5) is 10.1 Å². The van der Waals surface area contributed by atoms with Crippen LogP contribution in [0.2, 0.25) is 5.02 Å². The Labute approximate surface area is 131 Å². The van der Waals surface area contributed by atoms with E-state index >= 15 is 0 Å². The number of carbonyl (C=O) groups is 2. The van der Waals surface area contributed by atoms with Crippen molar-refractivity contribution in [3.63, 3.8) is 0 Å². The average molecular weight is 323 g/mol. The molecule has 0 aliphatic heterocycles. The van der Waals surface area contributed by atoms with Crippen LogP contribution in [-0.4, -0.2) is 18.4 Å². The molecule has 0 bridgehead atoms. The van der Waals surface area contributed by atoms with Gasteiger partial charge in [0.2, 0.25) is 0 Å². The number of nitrogens with one attached hydrogen (secondary N) is 2. The lowest BCUT2D eigenvalue weighted by atomic mass is 10.2. The number of carbonyl (C=O) groups excluding carboxylic acids is 2. The summed E-state index contributed by atoms with van der Waals surface area (Å²) in [5, 5.41) is 2.36. The lowest BCUT2D eigenvalue weighted by Crippen LogP contribution is -2.29. The smallest absolute Gasteiger partial charge is 0.274 e. The van der Waals surface area contributed by atoms with Crippen LogP contribution >= 0.6 is 11.6 Å². The zero-order valence-electron chi connectivity index (χ0n) is 11.3. The average Bonchev–Trinajstić information content (AvgIpc) is 2.51. The van der Waals surface area contributed by atoms with Crippen LogP contribution in [0.15, 0.2) is 48.5 Å². The zero-order chi connectivity index (χ0) is 15.9. The molecule has 5 nitrogen and oxygen atoms in total. The number of amides is 2. The minimum atomic E-state index is -0.578. The first-order chi connectivity index (χ1) is 10.6. The quantitative estimate of drug-likeness (QED) is 0.832. The minimum Gasteiger partial charge on any atom is -0.324 e. The number of halogens is 2. The van der Waals surface area contributed by atoms with E-state index in [0.717, 1.165) is 6.07 Å². The molecule has 0 fully saturated rings. The molecule has 2 aromatic carbocycles.